The quantitative estimate of drug-likeness (QED) is 0.642. The SMILES string of the molecule is CC1CSCCN1C(=O)CBr. The minimum absolute atomic E-state index is 0.220. The van der Waals surface area contributed by atoms with E-state index in [9.17, 15) is 4.79 Å². The summed E-state index contributed by atoms with van der Waals surface area (Å²) in [5.41, 5.74) is 0. The van der Waals surface area contributed by atoms with Crippen LogP contribution in [-0.2, 0) is 4.79 Å². The van der Waals surface area contributed by atoms with Crippen LogP contribution in [0.15, 0.2) is 0 Å². The van der Waals surface area contributed by atoms with Gasteiger partial charge < -0.3 is 4.90 Å². The van der Waals surface area contributed by atoms with Crippen molar-refractivity contribution in [3.05, 3.63) is 0 Å². The zero-order valence-electron chi connectivity index (χ0n) is 6.55. The predicted molar refractivity (Wildman–Crippen MR) is 52.3 cm³/mol. The Hall–Kier alpha value is 0.300. The number of rotatable bonds is 1. The number of carbonyl (C=O) groups excluding carboxylic acids is 1. The highest BCUT2D eigenvalue weighted by molar-refractivity contribution is 9.09. The second-order valence-electron chi connectivity index (χ2n) is 2.64. The molecule has 1 fully saturated rings. The van der Waals surface area contributed by atoms with E-state index in [-0.39, 0.29) is 5.91 Å². The minimum atomic E-state index is 0.220. The van der Waals surface area contributed by atoms with Crippen molar-refractivity contribution in [1.82, 2.24) is 4.90 Å². The number of halogens is 1. The molecule has 1 aliphatic rings. The van der Waals surface area contributed by atoms with Gasteiger partial charge in [0.25, 0.3) is 0 Å². The number of hydrogen-bond acceptors (Lipinski definition) is 2. The smallest absolute Gasteiger partial charge is 0.233 e. The van der Waals surface area contributed by atoms with E-state index in [1.165, 1.54) is 0 Å². The fourth-order valence-corrected chi connectivity index (χ4v) is 2.51. The average molecular weight is 238 g/mol. The summed E-state index contributed by atoms with van der Waals surface area (Å²) in [6, 6.07) is 0.416. The largest absolute Gasteiger partial charge is 0.338 e. The third-order valence-electron chi connectivity index (χ3n) is 1.80. The van der Waals surface area contributed by atoms with Crippen LogP contribution in [0.5, 0.6) is 0 Å². The standard InChI is InChI=1S/C7H12BrNOS/c1-6-5-11-3-2-9(6)7(10)4-8/h6H,2-5H2,1H3. The maximum absolute atomic E-state index is 11.2. The van der Waals surface area contributed by atoms with E-state index in [0.717, 1.165) is 18.1 Å². The molecule has 0 radical (unpaired) electrons. The molecule has 1 saturated heterocycles. The topological polar surface area (TPSA) is 20.3 Å². The normalized spacial score (nSPS) is 25.3. The van der Waals surface area contributed by atoms with Crippen molar-refractivity contribution < 1.29 is 4.79 Å². The van der Waals surface area contributed by atoms with Crippen molar-refractivity contribution >= 4 is 33.6 Å². The van der Waals surface area contributed by atoms with Crippen LogP contribution in [0.25, 0.3) is 0 Å². The molecule has 1 heterocycles. The zero-order chi connectivity index (χ0) is 8.27. The second kappa shape index (κ2) is 4.36. The Bertz CT molecular complexity index is 153. The lowest BCUT2D eigenvalue weighted by Crippen LogP contribution is -2.44. The first-order valence-corrected chi connectivity index (χ1v) is 5.96. The summed E-state index contributed by atoms with van der Waals surface area (Å²) in [6.45, 7) is 3.02. The first-order valence-electron chi connectivity index (χ1n) is 3.69. The number of hydrogen-bond donors (Lipinski definition) is 0. The van der Waals surface area contributed by atoms with Gasteiger partial charge in [0.2, 0.25) is 5.91 Å². The Morgan fingerprint density at radius 1 is 1.82 bits per heavy atom. The third kappa shape index (κ3) is 2.37. The summed E-state index contributed by atoms with van der Waals surface area (Å²) < 4.78 is 0. The Kier molecular flexibility index (Phi) is 3.72. The molecule has 0 spiro atoms. The van der Waals surface area contributed by atoms with Crippen LogP contribution >= 0.6 is 27.7 Å². The highest BCUT2D eigenvalue weighted by atomic mass is 79.9. The number of alkyl halides is 1. The van der Waals surface area contributed by atoms with Crippen LogP contribution in [0.3, 0.4) is 0 Å². The average Bonchev–Trinajstić information content (AvgIpc) is 2.04. The lowest BCUT2D eigenvalue weighted by atomic mass is 10.3. The minimum Gasteiger partial charge on any atom is -0.338 e. The molecule has 0 N–H and O–H groups in total. The molecule has 4 heteroatoms. The molecule has 0 aromatic rings. The zero-order valence-corrected chi connectivity index (χ0v) is 8.95. The van der Waals surface area contributed by atoms with Gasteiger partial charge in [-0.2, -0.15) is 11.8 Å². The van der Waals surface area contributed by atoms with Crippen LogP contribution in [0.1, 0.15) is 6.92 Å². The first kappa shape index (κ1) is 9.39. The molecule has 0 saturated carbocycles. The summed E-state index contributed by atoms with van der Waals surface area (Å²) >= 11 is 5.11. The van der Waals surface area contributed by atoms with Gasteiger partial charge in [0, 0.05) is 24.1 Å². The summed E-state index contributed by atoms with van der Waals surface area (Å²) in [6.07, 6.45) is 0. The molecule has 2 nitrogen and oxygen atoms in total. The van der Waals surface area contributed by atoms with E-state index in [2.05, 4.69) is 22.9 Å². The van der Waals surface area contributed by atoms with Crippen LogP contribution in [0.2, 0.25) is 0 Å². The lowest BCUT2D eigenvalue weighted by Gasteiger charge is -2.32. The summed E-state index contributed by atoms with van der Waals surface area (Å²) in [5.74, 6) is 2.39. The van der Waals surface area contributed by atoms with Crippen molar-refractivity contribution in [2.24, 2.45) is 0 Å². The molecule has 1 atom stereocenters. The highest BCUT2D eigenvalue weighted by Crippen LogP contribution is 2.16. The van der Waals surface area contributed by atoms with Crippen LogP contribution < -0.4 is 0 Å². The number of thioether (sulfide) groups is 1. The Morgan fingerprint density at radius 2 is 2.55 bits per heavy atom. The van der Waals surface area contributed by atoms with Crippen molar-refractivity contribution in [3.8, 4) is 0 Å². The molecule has 64 valence electrons. The Balaban J connectivity index is 2.47. The molecule has 0 bridgehead atoms. The van der Waals surface area contributed by atoms with Gasteiger partial charge in [-0.15, -0.1) is 0 Å². The van der Waals surface area contributed by atoms with Gasteiger partial charge in [0.1, 0.15) is 0 Å². The van der Waals surface area contributed by atoms with Crippen molar-refractivity contribution in [2.75, 3.05) is 23.4 Å². The van der Waals surface area contributed by atoms with Crippen LogP contribution in [-0.4, -0.2) is 40.2 Å². The summed E-state index contributed by atoms with van der Waals surface area (Å²) in [4.78, 5) is 13.2. The molecule has 11 heavy (non-hydrogen) atoms. The fourth-order valence-electron chi connectivity index (χ4n) is 1.17. The molecule has 0 aromatic heterocycles. The monoisotopic (exact) mass is 237 g/mol. The van der Waals surface area contributed by atoms with Gasteiger partial charge in [0.15, 0.2) is 0 Å². The van der Waals surface area contributed by atoms with Crippen LogP contribution in [0, 0.1) is 0 Å². The maximum atomic E-state index is 11.2. The molecule has 1 amide bonds. The molecule has 0 aromatic carbocycles. The molecular formula is C7H12BrNOS. The maximum Gasteiger partial charge on any atom is 0.233 e. The van der Waals surface area contributed by atoms with E-state index in [1.54, 1.807) is 0 Å². The van der Waals surface area contributed by atoms with Gasteiger partial charge >= 0.3 is 0 Å². The Labute approximate surface area is 79.8 Å². The molecular weight excluding hydrogens is 226 g/mol. The van der Waals surface area contributed by atoms with Gasteiger partial charge in [-0.3, -0.25) is 4.79 Å². The van der Waals surface area contributed by atoms with E-state index in [4.69, 9.17) is 0 Å². The van der Waals surface area contributed by atoms with Crippen molar-refractivity contribution in [3.63, 3.8) is 0 Å². The highest BCUT2D eigenvalue weighted by Gasteiger charge is 2.21. The van der Waals surface area contributed by atoms with Crippen LogP contribution in [0.4, 0.5) is 0 Å². The number of carbonyl (C=O) groups is 1. The van der Waals surface area contributed by atoms with Gasteiger partial charge in [0.05, 0.1) is 5.33 Å². The Morgan fingerprint density at radius 3 is 3.09 bits per heavy atom. The van der Waals surface area contributed by atoms with Gasteiger partial charge in [-0.1, -0.05) is 15.9 Å². The molecule has 1 aliphatic heterocycles. The number of nitrogens with zero attached hydrogens (tertiary/aromatic N) is 1. The van der Waals surface area contributed by atoms with Crippen molar-refractivity contribution in [1.29, 1.82) is 0 Å². The molecule has 1 unspecified atom stereocenters. The number of amides is 1. The van der Waals surface area contributed by atoms with E-state index in [1.807, 2.05) is 16.7 Å². The summed E-state index contributed by atoms with van der Waals surface area (Å²) in [7, 11) is 0. The second-order valence-corrected chi connectivity index (χ2v) is 4.36. The third-order valence-corrected chi connectivity index (χ3v) is 3.47. The van der Waals surface area contributed by atoms with E-state index >= 15 is 0 Å². The van der Waals surface area contributed by atoms with Crippen molar-refractivity contribution in [2.45, 2.75) is 13.0 Å². The first-order chi connectivity index (χ1) is 5.25. The van der Waals surface area contributed by atoms with E-state index in [0.29, 0.717) is 11.4 Å². The van der Waals surface area contributed by atoms with Gasteiger partial charge in [-0.25, -0.2) is 0 Å². The fraction of sp³-hybridized carbons (Fsp3) is 0.857. The van der Waals surface area contributed by atoms with Gasteiger partial charge in [-0.05, 0) is 6.92 Å². The predicted octanol–water partition coefficient (Wildman–Crippen LogP) is 1.35. The molecule has 0 aliphatic carbocycles. The molecule has 1 rings (SSSR count). The summed E-state index contributed by atoms with van der Waals surface area (Å²) in [5, 5.41) is 0.460. The van der Waals surface area contributed by atoms with E-state index < -0.39 is 0 Å². The lowest BCUT2D eigenvalue weighted by molar-refractivity contribution is -0.129.